The first-order valence-electron chi connectivity index (χ1n) is 7.23. The van der Waals surface area contributed by atoms with Gasteiger partial charge >= 0.3 is 0 Å². The van der Waals surface area contributed by atoms with E-state index in [4.69, 9.17) is 10.5 Å². The van der Waals surface area contributed by atoms with Gasteiger partial charge in [-0.3, -0.25) is 0 Å². The largest absolute Gasteiger partial charge is 0.381 e. The van der Waals surface area contributed by atoms with Crippen LogP contribution in [0, 0.1) is 11.3 Å². The summed E-state index contributed by atoms with van der Waals surface area (Å²) in [6.07, 6.45) is 2.25. The predicted octanol–water partition coefficient (Wildman–Crippen LogP) is 0.624. The zero-order valence-corrected chi connectivity index (χ0v) is 12.2. The van der Waals surface area contributed by atoms with Crippen LogP contribution < -0.4 is 5.73 Å². The summed E-state index contributed by atoms with van der Waals surface area (Å²) in [4.78, 5) is 4.98. The van der Waals surface area contributed by atoms with Crippen molar-refractivity contribution in [3.8, 4) is 0 Å². The third-order valence-electron chi connectivity index (χ3n) is 4.86. The topological polar surface area (TPSA) is 41.7 Å². The van der Waals surface area contributed by atoms with Gasteiger partial charge in [-0.1, -0.05) is 6.92 Å². The summed E-state index contributed by atoms with van der Waals surface area (Å²) in [6.45, 7) is 8.50. The molecule has 0 radical (unpaired) electrons. The molecule has 2 aliphatic heterocycles. The molecule has 106 valence electrons. The van der Waals surface area contributed by atoms with Crippen molar-refractivity contribution in [2.75, 3.05) is 53.5 Å². The molecule has 2 saturated heterocycles. The van der Waals surface area contributed by atoms with Gasteiger partial charge in [0, 0.05) is 38.9 Å². The molecule has 0 aromatic rings. The molecule has 0 amide bonds. The quantitative estimate of drug-likeness (QED) is 0.800. The first-order valence-corrected chi connectivity index (χ1v) is 7.23. The van der Waals surface area contributed by atoms with E-state index in [0.717, 1.165) is 45.1 Å². The van der Waals surface area contributed by atoms with E-state index in [1.807, 2.05) is 0 Å². The highest BCUT2D eigenvalue weighted by Gasteiger charge is 2.38. The number of rotatable bonds is 4. The summed E-state index contributed by atoms with van der Waals surface area (Å²) < 4.78 is 5.49. The number of ether oxygens (including phenoxy) is 1. The summed E-state index contributed by atoms with van der Waals surface area (Å²) in [7, 11) is 4.38. The fourth-order valence-electron chi connectivity index (χ4n) is 3.55. The summed E-state index contributed by atoms with van der Waals surface area (Å²) in [5.74, 6) is 0.759. The van der Waals surface area contributed by atoms with E-state index in [1.165, 1.54) is 13.1 Å². The van der Waals surface area contributed by atoms with Gasteiger partial charge in [0.1, 0.15) is 0 Å². The number of hydrogen-bond acceptors (Lipinski definition) is 4. The standard InChI is InChI=1S/C14H29N3O/c1-12-8-17(9-13(12)16(2)3)11-14(10-15)4-6-18-7-5-14/h12-13H,4-11,15H2,1-3H3. The van der Waals surface area contributed by atoms with Crippen LogP contribution in [0.1, 0.15) is 19.8 Å². The molecule has 2 atom stereocenters. The Hall–Kier alpha value is -0.160. The van der Waals surface area contributed by atoms with Crippen LogP contribution in [-0.4, -0.2) is 69.3 Å². The Balaban J connectivity index is 1.93. The van der Waals surface area contributed by atoms with Crippen LogP contribution in [0.4, 0.5) is 0 Å². The van der Waals surface area contributed by atoms with Gasteiger partial charge < -0.3 is 20.3 Å². The number of likely N-dealkylation sites (N-methyl/N-ethyl adjacent to an activating group) is 1. The Kier molecular flexibility index (Phi) is 4.64. The Bertz CT molecular complexity index is 264. The summed E-state index contributed by atoms with van der Waals surface area (Å²) in [5.41, 5.74) is 6.36. The van der Waals surface area contributed by atoms with Crippen LogP contribution in [0.25, 0.3) is 0 Å². The van der Waals surface area contributed by atoms with Crippen molar-refractivity contribution in [3.63, 3.8) is 0 Å². The first-order chi connectivity index (χ1) is 8.56. The van der Waals surface area contributed by atoms with E-state index in [1.54, 1.807) is 0 Å². The highest BCUT2D eigenvalue weighted by Crippen LogP contribution is 2.32. The number of nitrogens with two attached hydrogens (primary N) is 1. The van der Waals surface area contributed by atoms with Crippen molar-refractivity contribution in [1.29, 1.82) is 0 Å². The minimum absolute atomic E-state index is 0.305. The van der Waals surface area contributed by atoms with Gasteiger partial charge in [-0.15, -0.1) is 0 Å². The molecule has 0 bridgehead atoms. The molecule has 0 aromatic heterocycles. The molecule has 4 heteroatoms. The van der Waals surface area contributed by atoms with Crippen molar-refractivity contribution in [2.24, 2.45) is 17.1 Å². The maximum atomic E-state index is 6.05. The Labute approximate surface area is 111 Å². The van der Waals surface area contributed by atoms with Gasteiger partial charge in [0.05, 0.1) is 0 Å². The third-order valence-corrected chi connectivity index (χ3v) is 4.86. The van der Waals surface area contributed by atoms with Gasteiger partial charge in [-0.2, -0.15) is 0 Å². The Morgan fingerprint density at radius 2 is 1.94 bits per heavy atom. The smallest absolute Gasteiger partial charge is 0.0472 e. The normalized spacial score (nSPS) is 33.2. The van der Waals surface area contributed by atoms with Gasteiger partial charge in [-0.05, 0) is 44.8 Å². The molecule has 0 aliphatic carbocycles. The number of likely N-dealkylation sites (tertiary alicyclic amines) is 1. The minimum atomic E-state index is 0.305. The molecule has 2 heterocycles. The van der Waals surface area contributed by atoms with Crippen molar-refractivity contribution in [2.45, 2.75) is 25.8 Å². The lowest BCUT2D eigenvalue weighted by atomic mass is 9.80. The maximum absolute atomic E-state index is 6.05. The van der Waals surface area contributed by atoms with Crippen LogP contribution in [0.15, 0.2) is 0 Å². The maximum Gasteiger partial charge on any atom is 0.0472 e. The molecule has 2 aliphatic rings. The van der Waals surface area contributed by atoms with Crippen molar-refractivity contribution >= 4 is 0 Å². The fraction of sp³-hybridized carbons (Fsp3) is 1.00. The highest BCUT2D eigenvalue weighted by atomic mass is 16.5. The van der Waals surface area contributed by atoms with Crippen LogP contribution in [-0.2, 0) is 4.74 Å². The summed E-state index contributed by atoms with van der Waals surface area (Å²) in [5, 5.41) is 0. The monoisotopic (exact) mass is 255 g/mol. The molecular weight excluding hydrogens is 226 g/mol. The van der Waals surface area contributed by atoms with Gasteiger partial charge in [0.2, 0.25) is 0 Å². The van der Waals surface area contributed by atoms with E-state index in [9.17, 15) is 0 Å². The predicted molar refractivity (Wildman–Crippen MR) is 74.6 cm³/mol. The Morgan fingerprint density at radius 3 is 2.44 bits per heavy atom. The molecule has 2 fully saturated rings. The highest BCUT2D eigenvalue weighted by molar-refractivity contribution is 4.92. The van der Waals surface area contributed by atoms with E-state index < -0.39 is 0 Å². The van der Waals surface area contributed by atoms with E-state index in [0.29, 0.717) is 11.5 Å². The Morgan fingerprint density at radius 1 is 1.28 bits per heavy atom. The minimum Gasteiger partial charge on any atom is -0.381 e. The van der Waals surface area contributed by atoms with Crippen molar-refractivity contribution in [1.82, 2.24) is 9.80 Å². The summed E-state index contributed by atoms with van der Waals surface area (Å²) >= 11 is 0. The van der Waals surface area contributed by atoms with Crippen LogP contribution in [0.3, 0.4) is 0 Å². The molecule has 0 aromatic carbocycles. The molecule has 2 rings (SSSR count). The van der Waals surface area contributed by atoms with Crippen LogP contribution in [0.5, 0.6) is 0 Å². The lowest BCUT2D eigenvalue weighted by Crippen LogP contribution is -2.46. The summed E-state index contributed by atoms with van der Waals surface area (Å²) in [6, 6.07) is 0.694. The first kappa shape index (κ1) is 14.3. The molecule has 2 unspecified atom stereocenters. The third kappa shape index (κ3) is 3.05. The second-order valence-electron chi connectivity index (χ2n) is 6.52. The SMILES string of the molecule is CC1CN(CC2(CN)CCOCC2)CC1N(C)C. The molecule has 0 spiro atoms. The van der Waals surface area contributed by atoms with E-state index in [2.05, 4.69) is 30.8 Å². The van der Waals surface area contributed by atoms with E-state index in [-0.39, 0.29) is 0 Å². The number of hydrogen-bond donors (Lipinski definition) is 1. The molecule has 0 saturated carbocycles. The molecule has 18 heavy (non-hydrogen) atoms. The van der Waals surface area contributed by atoms with Crippen molar-refractivity contribution < 1.29 is 4.74 Å². The average Bonchev–Trinajstić information content (AvgIpc) is 2.71. The van der Waals surface area contributed by atoms with Crippen LogP contribution >= 0.6 is 0 Å². The zero-order chi connectivity index (χ0) is 13.2. The molecular formula is C14H29N3O. The fourth-order valence-corrected chi connectivity index (χ4v) is 3.55. The van der Waals surface area contributed by atoms with E-state index >= 15 is 0 Å². The van der Waals surface area contributed by atoms with Crippen LogP contribution in [0.2, 0.25) is 0 Å². The second kappa shape index (κ2) is 5.87. The average molecular weight is 255 g/mol. The van der Waals surface area contributed by atoms with Gasteiger partial charge in [-0.25, -0.2) is 0 Å². The second-order valence-corrected chi connectivity index (χ2v) is 6.52. The lowest BCUT2D eigenvalue weighted by molar-refractivity contribution is 0.00244. The lowest BCUT2D eigenvalue weighted by Gasteiger charge is -2.39. The molecule has 4 nitrogen and oxygen atoms in total. The number of nitrogens with zero attached hydrogens (tertiary/aromatic N) is 2. The molecule has 2 N–H and O–H groups in total. The van der Waals surface area contributed by atoms with Crippen molar-refractivity contribution in [3.05, 3.63) is 0 Å². The van der Waals surface area contributed by atoms with Gasteiger partial charge in [0.25, 0.3) is 0 Å². The zero-order valence-electron chi connectivity index (χ0n) is 12.2. The van der Waals surface area contributed by atoms with Gasteiger partial charge in [0.15, 0.2) is 0 Å².